The van der Waals surface area contributed by atoms with Crippen molar-refractivity contribution >= 4 is 35.6 Å². The molecule has 11 heteroatoms. The zero-order valence-corrected chi connectivity index (χ0v) is 13.8. The van der Waals surface area contributed by atoms with Crippen molar-refractivity contribution in [3.8, 4) is 0 Å². The first-order valence-electron chi connectivity index (χ1n) is 5.62. The van der Waals surface area contributed by atoms with E-state index in [1.807, 2.05) is 0 Å². The molecule has 0 saturated carbocycles. The number of rotatable bonds is 6. The number of primary sulfonamides is 1. The molecule has 1 aromatic rings. The van der Waals surface area contributed by atoms with Crippen molar-refractivity contribution in [3.05, 3.63) is 23.8 Å². The molecule has 21 heavy (non-hydrogen) atoms. The van der Waals surface area contributed by atoms with Crippen molar-refractivity contribution in [2.24, 2.45) is 5.14 Å². The van der Waals surface area contributed by atoms with E-state index in [-0.39, 0.29) is 10.6 Å². The third-order valence-corrected chi connectivity index (χ3v) is 5.91. The molecule has 0 bridgehead atoms. The van der Waals surface area contributed by atoms with Gasteiger partial charge in [-0.05, 0) is 24.6 Å². The number of hydrogen-bond donors (Lipinski definition) is 2. The molecule has 120 valence electrons. The van der Waals surface area contributed by atoms with E-state index in [4.69, 9.17) is 5.14 Å². The summed E-state index contributed by atoms with van der Waals surface area (Å²) in [6.07, 6.45) is 0.926. The summed E-state index contributed by atoms with van der Waals surface area (Å²) >= 11 is 0. The third-order valence-electron chi connectivity index (χ3n) is 2.53. The van der Waals surface area contributed by atoms with E-state index >= 15 is 0 Å². The predicted molar refractivity (Wildman–Crippen MR) is 79.7 cm³/mol. The van der Waals surface area contributed by atoms with E-state index in [2.05, 4.69) is 4.72 Å². The second-order valence-electron chi connectivity index (χ2n) is 4.57. The molecule has 0 fully saturated rings. The number of nitrogens with two attached hydrogens (primary N) is 1. The average molecular weight is 356 g/mol. The highest BCUT2D eigenvalue weighted by Gasteiger charge is 2.17. The van der Waals surface area contributed by atoms with Gasteiger partial charge in [0.1, 0.15) is 9.84 Å². The molecule has 3 N–H and O–H groups in total. The molecule has 0 aromatic heterocycles. The first-order chi connectivity index (χ1) is 9.30. The molecular formula is C10H16N2O6S3. The van der Waals surface area contributed by atoms with Gasteiger partial charge in [-0.25, -0.2) is 30.4 Å². The van der Waals surface area contributed by atoms with Crippen LogP contribution in [0.4, 0.5) is 5.69 Å². The summed E-state index contributed by atoms with van der Waals surface area (Å²) in [5, 5.41) is 4.97. The number of aryl methyl sites for hydroxylation is 1. The highest BCUT2D eigenvalue weighted by atomic mass is 32.2. The minimum Gasteiger partial charge on any atom is -0.283 e. The first-order valence-corrected chi connectivity index (χ1v) is 10.9. The summed E-state index contributed by atoms with van der Waals surface area (Å²) in [5.74, 6) is -1.15. The quantitative estimate of drug-likeness (QED) is 0.699. The lowest BCUT2D eigenvalue weighted by Gasteiger charge is -2.11. The van der Waals surface area contributed by atoms with E-state index in [0.29, 0.717) is 5.56 Å². The summed E-state index contributed by atoms with van der Waals surface area (Å²) in [6.45, 7) is 1.57. The molecule has 1 rings (SSSR count). The Morgan fingerprint density at radius 1 is 1.05 bits per heavy atom. The van der Waals surface area contributed by atoms with Gasteiger partial charge in [0, 0.05) is 6.26 Å². The van der Waals surface area contributed by atoms with Crippen LogP contribution in [0.3, 0.4) is 0 Å². The first kappa shape index (κ1) is 17.9. The molecule has 0 radical (unpaired) electrons. The van der Waals surface area contributed by atoms with Crippen molar-refractivity contribution in [3.63, 3.8) is 0 Å². The third kappa shape index (κ3) is 5.99. The highest BCUT2D eigenvalue weighted by molar-refractivity contribution is 7.95. The van der Waals surface area contributed by atoms with Crippen molar-refractivity contribution in [1.82, 2.24) is 0 Å². The van der Waals surface area contributed by atoms with Crippen LogP contribution in [-0.4, -0.2) is 43.0 Å². The molecule has 0 atom stereocenters. The van der Waals surface area contributed by atoms with E-state index in [9.17, 15) is 25.3 Å². The Labute approximate surface area is 124 Å². The summed E-state index contributed by atoms with van der Waals surface area (Å²) < 4.78 is 70.2. The Bertz CT molecular complexity index is 841. The second kappa shape index (κ2) is 5.91. The number of hydrogen-bond acceptors (Lipinski definition) is 6. The number of benzene rings is 1. The highest BCUT2D eigenvalue weighted by Crippen LogP contribution is 2.20. The van der Waals surface area contributed by atoms with Gasteiger partial charge in [0.05, 0.1) is 22.1 Å². The number of nitrogens with one attached hydrogen (secondary N) is 1. The Kier molecular flexibility index (Phi) is 5.03. The Morgan fingerprint density at radius 3 is 2.10 bits per heavy atom. The van der Waals surface area contributed by atoms with Gasteiger partial charge in [0.15, 0.2) is 0 Å². The van der Waals surface area contributed by atoms with Gasteiger partial charge < -0.3 is 0 Å². The minimum absolute atomic E-state index is 0.0371. The predicted octanol–water partition coefficient (Wildman–Crippen LogP) is -0.571. The molecule has 0 aliphatic carbocycles. The van der Waals surface area contributed by atoms with Crippen LogP contribution >= 0.6 is 0 Å². The molecule has 0 aliphatic rings. The smallest absolute Gasteiger partial charge is 0.238 e. The Morgan fingerprint density at radius 2 is 1.62 bits per heavy atom. The minimum atomic E-state index is -3.96. The van der Waals surface area contributed by atoms with Crippen molar-refractivity contribution in [2.45, 2.75) is 11.8 Å². The Hall–Kier alpha value is -1.17. The van der Waals surface area contributed by atoms with Crippen LogP contribution < -0.4 is 9.86 Å². The van der Waals surface area contributed by atoms with Gasteiger partial charge in [-0.1, -0.05) is 6.07 Å². The van der Waals surface area contributed by atoms with Gasteiger partial charge >= 0.3 is 0 Å². The van der Waals surface area contributed by atoms with Gasteiger partial charge in [0.2, 0.25) is 20.0 Å². The van der Waals surface area contributed by atoms with Crippen LogP contribution in [0, 0.1) is 6.92 Å². The van der Waals surface area contributed by atoms with Crippen molar-refractivity contribution in [1.29, 1.82) is 0 Å². The van der Waals surface area contributed by atoms with Crippen LogP contribution in [0.2, 0.25) is 0 Å². The van der Waals surface area contributed by atoms with Crippen LogP contribution in [0.15, 0.2) is 23.1 Å². The van der Waals surface area contributed by atoms with Gasteiger partial charge in [-0.15, -0.1) is 0 Å². The van der Waals surface area contributed by atoms with E-state index in [1.54, 1.807) is 6.92 Å². The lowest BCUT2D eigenvalue weighted by molar-refractivity contribution is 0.593. The number of sulfone groups is 1. The fourth-order valence-corrected chi connectivity index (χ4v) is 4.65. The largest absolute Gasteiger partial charge is 0.283 e. The lowest BCUT2D eigenvalue weighted by Crippen LogP contribution is -2.23. The van der Waals surface area contributed by atoms with Crippen LogP contribution in [0.5, 0.6) is 0 Å². The number of anilines is 1. The SMILES string of the molecule is Cc1ccc(S(N)(=O)=O)cc1NS(=O)(=O)CCS(C)(=O)=O. The topological polar surface area (TPSA) is 140 Å². The maximum atomic E-state index is 11.8. The van der Waals surface area contributed by atoms with Gasteiger partial charge in [-0.2, -0.15) is 0 Å². The zero-order chi connectivity index (χ0) is 16.5. The van der Waals surface area contributed by atoms with E-state index < -0.39 is 41.4 Å². The van der Waals surface area contributed by atoms with E-state index in [1.165, 1.54) is 12.1 Å². The molecule has 0 spiro atoms. The molecule has 0 saturated heterocycles. The average Bonchev–Trinajstić information content (AvgIpc) is 2.27. The molecular weight excluding hydrogens is 340 g/mol. The standard InChI is InChI=1S/C10H16N2O6S3/c1-8-3-4-9(21(11,17)18)7-10(8)12-20(15,16)6-5-19(2,13)14/h3-4,7,12H,5-6H2,1-2H3,(H2,11,17,18). The van der Waals surface area contributed by atoms with Gasteiger partial charge in [0.25, 0.3) is 0 Å². The van der Waals surface area contributed by atoms with Crippen LogP contribution in [-0.2, 0) is 29.9 Å². The maximum absolute atomic E-state index is 11.8. The van der Waals surface area contributed by atoms with Gasteiger partial charge in [-0.3, -0.25) is 4.72 Å². The summed E-state index contributed by atoms with van der Waals surface area (Å²) in [7, 11) is -11.3. The number of sulfonamides is 2. The molecule has 8 nitrogen and oxygen atoms in total. The van der Waals surface area contributed by atoms with Crippen LogP contribution in [0.1, 0.15) is 5.56 Å². The van der Waals surface area contributed by atoms with E-state index in [0.717, 1.165) is 12.3 Å². The Balaban J connectivity index is 3.07. The second-order valence-corrected chi connectivity index (χ2v) is 10.2. The summed E-state index contributed by atoms with van der Waals surface area (Å²) in [4.78, 5) is -0.242. The monoisotopic (exact) mass is 356 g/mol. The van der Waals surface area contributed by atoms with Crippen molar-refractivity contribution in [2.75, 3.05) is 22.5 Å². The zero-order valence-electron chi connectivity index (χ0n) is 11.4. The summed E-state index contributed by atoms with van der Waals surface area (Å²) in [5.41, 5.74) is 0.514. The molecule has 0 aliphatic heterocycles. The van der Waals surface area contributed by atoms with Crippen molar-refractivity contribution < 1.29 is 25.3 Å². The molecule has 0 amide bonds. The summed E-state index contributed by atoms with van der Waals surface area (Å²) in [6, 6.07) is 3.73. The molecule has 1 aromatic carbocycles. The lowest BCUT2D eigenvalue weighted by atomic mass is 10.2. The molecule has 0 heterocycles. The normalized spacial score (nSPS) is 13.1. The fraction of sp³-hybridized carbons (Fsp3) is 0.400. The maximum Gasteiger partial charge on any atom is 0.238 e. The fourth-order valence-electron chi connectivity index (χ4n) is 1.37. The molecule has 0 unspecified atom stereocenters. The van der Waals surface area contributed by atoms with Crippen LogP contribution in [0.25, 0.3) is 0 Å².